The summed E-state index contributed by atoms with van der Waals surface area (Å²) < 4.78 is 25.6. The van der Waals surface area contributed by atoms with Gasteiger partial charge < -0.3 is 14.6 Å². The van der Waals surface area contributed by atoms with Crippen molar-refractivity contribution in [3.8, 4) is 22.9 Å². The molecule has 0 saturated heterocycles. The average molecular weight is 394 g/mol. The molecule has 1 aliphatic rings. The lowest BCUT2D eigenvalue weighted by atomic mass is 10.1. The van der Waals surface area contributed by atoms with Crippen molar-refractivity contribution in [2.24, 2.45) is 0 Å². The molecule has 1 aromatic carbocycles. The second-order valence-corrected chi connectivity index (χ2v) is 6.91. The number of carboxylic acids is 1. The van der Waals surface area contributed by atoms with Crippen LogP contribution in [0.4, 0.5) is 4.39 Å². The van der Waals surface area contributed by atoms with E-state index in [9.17, 15) is 9.18 Å². The molecule has 0 bridgehead atoms. The molecule has 1 fully saturated rings. The van der Waals surface area contributed by atoms with Crippen LogP contribution in [0.2, 0.25) is 5.02 Å². The van der Waals surface area contributed by atoms with Crippen molar-refractivity contribution in [1.29, 1.82) is 0 Å². The fraction of sp³-hybridized carbons (Fsp3) is 0.400. The summed E-state index contributed by atoms with van der Waals surface area (Å²) in [5.74, 6) is -1.10. The first-order valence-electron chi connectivity index (χ1n) is 9.00. The summed E-state index contributed by atoms with van der Waals surface area (Å²) in [6.45, 7) is 0.0747. The predicted octanol–water partition coefficient (Wildman–Crippen LogP) is 5.11. The van der Waals surface area contributed by atoms with Crippen molar-refractivity contribution < 1.29 is 23.8 Å². The molecular formula is C20H21ClFNO4. The highest BCUT2D eigenvalue weighted by atomic mass is 35.5. The van der Waals surface area contributed by atoms with Crippen molar-refractivity contribution in [3.63, 3.8) is 0 Å². The molecule has 3 rings (SSSR count). The third kappa shape index (κ3) is 5.32. The minimum Gasteiger partial charge on any atom is -0.489 e. The fourth-order valence-corrected chi connectivity index (χ4v) is 3.32. The van der Waals surface area contributed by atoms with Gasteiger partial charge in [0.15, 0.2) is 11.6 Å². The van der Waals surface area contributed by atoms with E-state index in [-0.39, 0.29) is 36.3 Å². The Kier molecular flexibility index (Phi) is 6.50. The molecule has 0 spiro atoms. The standard InChI is InChI=1S/C20H21ClFNO4/c21-15-11-13(12-16(22)20(15)26-10-4-9-19(24)25)17-7-3-8-18(23-17)27-14-5-1-2-6-14/h3,7-8,11-12,14H,1-2,4-6,9-10H2,(H,24,25). The number of nitrogens with zero attached hydrogens (tertiary/aromatic N) is 1. The second-order valence-electron chi connectivity index (χ2n) is 6.50. The molecule has 27 heavy (non-hydrogen) atoms. The highest BCUT2D eigenvalue weighted by Gasteiger charge is 2.18. The zero-order valence-electron chi connectivity index (χ0n) is 14.8. The summed E-state index contributed by atoms with van der Waals surface area (Å²) in [4.78, 5) is 15.0. The number of halogens is 2. The van der Waals surface area contributed by atoms with Crippen LogP contribution in [0.5, 0.6) is 11.6 Å². The van der Waals surface area contributed by atoms with Crippen LogP contribution in [0.25, 0.3) is 11.3 Å². The van der Waals surface area contributed by atoms with Gasteiger partial charge in [-0.2, -0.15) is 0 Å². The fourth-order valence-electron chi connectivity index (χ4n) is 3.06. The molecule has 0 unspecified atom stereocenters. The van der Waals surface area contributed by atoms with Crippen LogP contribution in [-0.4, -0.2) is 28.8 Å². The number of pyridine rings is 1. The quantitative estimate of drug-likeness (QED) is 0.631. The molecule has 7 heteroatoms. The van der Waals surface area contributed by atoms with Gasteiger partial charge in [-0.25, -0.2) is 9.37 Å². The Balaban J connectivity index is 1.72. The zero-order chi connectivity index (χ0) is 19.2. The topological polar surface area (TPSA) is 68.7 Å². The van der Waals surface area contributed by atoms with E-state index in [1.165, 1.54) is 18.9 Å². The summed E-state index contributed by atoms with van der Waals surface area (Å²) in [5.41, 5.74) is 1.08. The lowest BCUT2D eigenvalue weighted by molar-refractivity contribution is -0.137. The highest BCUT2D eigenvalue weighted by molar-refractivity contribution is 6.32. The van der Waals surface area contributed by atoms with Crippen molar-refractivity contribution in [1.82, 2.24) is 4.98 Å². The zero-order valence-corrected chi connectivity index (χ0v) is 15.5. The minimum atomic E-state index is -0.925. The lowest BCUT2D eigenvalue weighted by Crippen LogP contribution is -2.11. The van der Waals surface area contributed by atoms with Gasteiger partial charge in [0, 0.05) is 18.1 Å². The molecule has 0 radical (unpaired) electrons. The van der Waals surface area contributed by atoms with Crippen molar-refractivity contribution in [2.75, 3.05) is 6.61 Å². The Bertz CT molecular complexity index is 785. The largest absolute Gasteiger partial charge is 0.489 e. The molecule has 1 saturated carbocycles. The minimum absolute atomic E-state index is 0.0466. The first kappa shape index (κ1) is 19.4. The first-order chi connectivity index (χ1) is 13.0. The number of benzene rings is 1. The van der Waals surface area contributed by atoms with Crippen molar-refractivity contribution in [3.05, 3.63) is 41.2 Å². The number of hydrogen-bond acceptors (Lipinski definition) is 4. The number of rotatable bonds is 8. The molecule has 0 atom stereocenters. The molecule has 144 valence electrons. The van der Waals surface area contributed by atoms with E-state index in [0.29, 0.717) is 17.1 Å². The van der Waals surface area contributed by atoms with Crippen LogP contribution in [0.15, 0.2) is 30.3 Å². The van der Waals surface area contributed by atoms with E-state index < -0.39 is 11.8 Å². The van der Waals surface area contributed by atoms with Gasteiger partial charge in [-0.1, -0.05) is 17.7 Å². The van der Waals surface area contributed by atoms with Crippen molar-refractivity contribution in [2.45, 2.75) is 44.6 Å². The summed E-state index contributed by atoms with van der Waals surface area (Å²) in [6, 6.07) is 8.26. The maximum absolute atomic E-state index is 14.4. The Hall–Kier alpha value is -2.34. The number of hydrogen-bond donors (Lipinski definition) is 1. The van der Waals surface area contributed by atoms with E-state index in [1.54, 1.807) is 18.2 Å². The molecule has 2 aromatic rings. The van der Waals surface area contributed by atoms with Crippen molar-refractivity contribution >= 4 is 17.6 Å². The molecule has 0 amide bonds. The average Bonchev–Trinajstić information content (AvgIpc) is 3.13. The molecule has 0 aliphatic heterocycles. The predicted molar refractivity (Wildman–Crippen MR) is 99.9 cm³/mol. The van der Waals surface area contributed by atoms with Crippen LogP contribution in [0.1, 0.15) is 38.5 Å². The Morgan fingerprint density at radius 1 is 1.30 bits per heavy atom. The number of aromatic nitrogens is 1. The summed E-state index contributed by atoms with van der Waals surface area (Å²) in [5, 5.41) is 8.74. The monoisotopic (exact) mass is 393 g/mol. The van der Waals surface area contributed by atoms with Crippen LogP contribution < -0.4 is 9.47 Å². The molecule has 1 aromatic heterocycles. The summed E-state index contributed by atoms with van der Waals surface area (Å²) >= 11 is 6.16. The van der Waals surface area contributed by atoms with Gasteiger partial charge in [0.05, 0.1) is 17.3 Å². The van der Waals surface area contributed by atoms with E-state index in [1.807, 2.05) is 6.07 Å². The van der Waals surface area contributed by atoms with Crippen LogP contribution in [-0.2, 0) is 4.79 Å². The Morgan fingerprint density at radius 2 is 2.07 bits per heavy atom. The second kappa shape index (κ2) is 9.04. The highest BCUT2D eigenvalue weighted by Crippen LogP contribution is 2.34. The summed E-state index contributed by atoms with van der Waals surface area (Å²) in [7, 11) is 0. The normalized spacial score (nSPS) is 14.3. The molecule has 1 aliphatic carbocycles. The molecule has 1 heterocycles. The number of aliphatic carboxylic acids is 1. The van der Waals surface area contributed by atoms with Gasteiger partial charge in [-0.3, -0.25) is 4.79 Å². The van der Waals surface area contributed by atoms with Crippen LogP contribution >= 0.6 is 11.6 Å². The van der Waals surface area contributed by atoms with Crippen LogP contribution in [0.3, 0.4) is 0 Å². The third-order valence-corrected chi connectivity index (χ3v) is 4.67. The number of carboxylic acid groups (broad SMARTS) is 1. The Labute approximate surface area is 162 Å². The van der Waals surface area contributed by atoms with Gasteiger partial charge in [0.25, 0.3) is 0 Å². The van der Waals surface area contributed by atoms with E-state index >= 15 is 0 Å². The third-order valence-electron chi connectivity index (χ3n) is 4.39. The van der Waals surface area contributed by atoms with Gasteiger partial charge in [-0.15, -0.1) is 0 Å². The first-order valence-corrected chi connectivity index (χ1v) is 9.38. The summed E-state index contributed by atoms with van der Waals surface area (Å²) in [6.07, 6.45) is 4.80. The van der Waals surface area contributed by atoms with E-state index in [4.69, 9.17) is 26.2 Å². The molecular weight excluding hydrogens is 373 g/mol. The van der Waals surface area contributed by atoms with E-state index in [0.717, 1.165) is 12.8 Å². The van der Waals surface area contributed by atoms with Crippen LogP contribution in [0, 0.1) is 5.82 Å². The maximum atomic E-state index is 14.4. The number of ether oxygens (including phenoxy) is 2. The van der Waals surface area contributed by atoms with Gasteiger partial charge >= 0.3 is 5.97 Å². The van der Waals surface area contributed by atoms with Gasteiger partial charge in [-0.05, 0) is 50.3 Å². The van der Waals surface area contributed by atoms with E-state index in [2.05, 4.69) is 4.98 Å². The lowest BCUT2D eigenvalue weighted by Gasteiger charge is -2.14. The Morgan fingerprint density at radius 3 is 2.78 bits per heavy atom. The smallest absolute Gasteiger partial charge is 0.303 e. The molecule has 5 nitrogen and oxygen atoms in total. The van der Waals surface area contributed by atoms with Gasteiger partial charge in [0.2, 0.25) is 5.88 Å². The maximum Gasteiger partial charge on any atom is 0.303 e. The van der Waals surface area contributed by atoms with Gasteiger partial charge in [0.1, 0.15) is 6.10 Å². The number of carbonyl (C=O) groups is 1. The molecule has 1 N–H and O–H groups in total. The SMILES string of the molecule is O=C(O)CCCOc1c(F)cc(-c2cccc(OC3CCCC3)n2)cc1Cl.